The molecule has 0 amide bonds. The molecule has 0 saturated heterocycles. The third kappa shape index (κ3) is 4.73. The zero-order valence-electron chi connectivity index (χ0n) is 17.2. The van der Waals surface area contributed by atoms with Gasteiger partial charge in [-0.25, -0.2) is 8.42 Å². The summed E-state index contributed by atoms with van der Waals surface area (Å²) in [5.74, 6) is -0.670. The average Bonchev–Trinajstić information content (AvgIpc) is 2.75. The molecule has 31 heavy (non-hydrogen) atoms. The Balaban J connectivity index is 2.29. The van der Waals surface area contributed by atoms with E-state index in [0.29, 0.717) is 17.5 Å². The first-order valence-corrected chi connectivity index (χ1v) is 12.1. The molecule has 1 atom stereocenters. The van der Waals surface area contributed by atoms with Crippen molar-refractivity contribution in [3.63, 3.8) is 0 Å². The van der Waals surface area contributed by atoms with Gasteiger partial charge in [0.15, 0.2) is 4.90 Å². The maximum absolute atomic E-state index is 13.6. The van der Waals surface area contributed by atoms with Crippen molar-refractivity contribution in [2.24, 2.45) is 0 Å². The maximum atomic E-state index is 13.6. The van der Waals surface area contributed by atoms with Crippen LogP contribution in [-0.2, 0) is 21.2 Å². The highest BCUT2D eigenvalue weighted by atomic mass is 79.9. The molecule has 3 aromatic rings. The van der Waals surface area contributed by atoms with Crippen molar-refractivity contribution in [2.75, 3.05) is 6.61 Å². The van der Waals surface area contributed by atoms with E-state index in [-0.39, 0.29) is 17.3 Å². The van der Waals surface area contributed by atoms with Gasteiger partial charge >= 0.3 is 0 Å². The molecule has 0 aliphatic heterocycles. The van der Waals surface area contributed by atoms with Gasteiger partial charge in [-0.15, -0.1) is 0 Å². The third-order valence-electron chi connectivity index (χ3n) is 4.84. The van der Waals surface area contributed by atoms with Crippen LogP contribution < -0.4 is 5.56 Å². The number of sulfone groups is 1. The van der Waals surface area contributed by atoms with Crippen LogP contribution >= 0.6 is 15.9 Å². The number of hydrogen-bond acceptors (Lipinski definition) is 6. The average molecular weight is 507 g/mol. The molecular formula is C22H23BrN2O5S. The molecule has 1 unspecified atom stereocenters. The van der Waals surface area contributed by atoms with E-state index in [9.17, 15) is 18.3 Å². The second kappa shape index (κ2) is 9.76. The van der Waals surface area contributed by atoms with Crippen molar-refractivity contribution in [1.82, 2.24) is 9.55 Å². The minimum atomic E-state index is -4.31. The van der Waals surface area contributed by atoms with Crippen LogP contribution in [0.5, 0.6) is 5.88 Å². The second-order valence-corrected chi connectivity index (χ2v) is 9.59. The van der Waals surface area contributed by atoms with Crippen LogP contribution in [0.2, 0.25) is 0 Å². The number of halogens is 1. The lowest BCUT2D eigenvalue weighted by Gasteiger charge is -2.23. The van der Waals surface area contributed by atoms with Gasteiger partial charge in [-0.05, 0) is 43.2 Å². The molecule has 0 bridgehead atoms. The normalized spacial score (nSPS) is 12.6. The fourth-order valence-corrected chi connectivity index (χ4v) is 4.98. The molecule has 0 fully saturated rings. The Morgan fingerprint density at radius 2 is 1.74 bits per heavy atom. The molecule has 9 heteroatoms. The van der Waals surface area contributed by atoms with Crippen molar-refractivity contribution >= 4 is 25.8 Å². The number of benzene rings is 2. The molecule has 3 rings (SSSR count). The minimum Gasteiger partial charge on any atom is -0.492 e. The summed E-state index contributed by atoms with van der Waals surface area (Å²) >= 11 is 3.26. The van der Waals surface area contributed by atoms with E-state index in [1.54, 1.807) is 19.1 Å². The molecule has 0 aliphatic carbocycles. The lowest BCUT2D eigenvalue weighted by Crippen LogP contribution is -2.33. The predicted octanol–water partition coefficient (Wildman–Crippen LogP) is 4.08. The molecule has 0 radical (unpaired) electrons. The minimum absolute atomic E-state index is 0.0404. The van der Waals surface area contributed by atoms with Crippen LogP contribution in [0.25, 0.3) is 0 Å². The zero-order valence-corrected chi connectivity index (χ0v) is 19.6. The van der Waals surface area contributed by atoms with Crippen LogP contribution in [0.3, 0.4) is 0 Å². The number of aromatic nitrogens is 2. The van der Waals surface area contributed by atoms with Crippen LogP contribution in [-0.4, -0.2) is 29.7 Å². The van der Waals surface area contributed by atoms with Crippen LogP contribution in [0.1, 0.15) is 37.7 Å². The second-order valence-electron chi connectivity index (χ2n) is 6.79. The Morgan fingerprint density at radius 1 is 1.10 bits per heavy atom. The van der Waals surface area contributed by atoms with E-state index in [0.717, 1.165) is 5.56 Å². The van der Waals surface area contributed by atoms with Gasteiger partial charge in [-0.2, -0.15) is 4.98 Å². The van der Waals surface area contributed by atoms with Crippen molar-refractivity contribution in [1.29, 1.82) is 0 Å². The fourth-order valence-electron chi connectivity index (χ4n) is 3.37. The van der Waals surface area contributed by atoms with E-state index in [1.807, 2.05) is 37.3 Å². The Morgan fingerprint density at radius 3 is 2.32 bits per heavy atom. The van der Waals surface area contributed by atoms with Crippen molar-refractivity contribution in [2.45, 2.75) is 42.7 Å². The first kappa shape index (κ1) is 23.2. The predicted molar refractivity (Wildman–Crippen MR) is 120 cm³/mol. The van der Waals surface area contributed by atoms with E-state index in [4.69, 9.17) is 4.74 Å². The van der Waals surface area contributed by atoms with Gasteiger partial charge in [0.2, 0.25) is 15.7 Å². The Kier molecular flexibility index (Phi) is 7.30. The summed E-state index contributed by atoms with van der Waals surface area (Å²) in [6.07, 6.45) is 0.507. The van der Waals surface area contributed by atoms with Crippen molar-refractivity contribution in [3.8, 4) is 5.88 Å². The van der Waals surface area contributed by atoms with Gasteiger partial charge in [0.05, 0.1) is 10.9 Å². The van der Waals surface area contributed by atoms with E-state index in [2.05, 4.69) is 20.9 Å². The van der Waals surface area contributed by atoms with Gasteiger partial charge in [-0.1, -0.05) is 53.2 Å². The number of hydrogen-bond donors (Lipinski definition) is 1. The molecule has 164 valence electrons. The molecular weight excluding hydrogens is 484 g/mol. The Labute approximate surface area is 189 Å². The largest absolute Gasteiger partial charge is 0.492 e. The van der Waals surface area contributed by atoms with Gasteiger partial charge in [-0.3, -0.25) is 9.36 Å². The highest BCUT2D eigenvalue weighted by Crippen LogP contribution is 2.29. The highest BCUT2D eigenvalue weighted by Gasteiger charge is 2.31. The summed E-state index contributed by atoms with van der Waals surface area (Å²) < 4.78 is 33.9. The van der Waals surface area contributed by atoms with E-state index in [1.165, 1.54) is 16.7 Å². The highest BCUT2D eigenvalue weighted by molar-refractivity contribution is 9.10. The zero-order chi connectivity index (χ0) is 22.6. The summed E-state index contributed by atoms with van der Waals surface area (Å²) in [5.41, 5.74) is -0.00912. The summed E-state index contributed by atoms with van der Waals surface area (Å²) in [4.78, 5) is 16.8. The SMILES string of the molecule is CCOCc1nc(O)c(S(=O)(=O)c2ccc(Br)cc2)c(=O)n1C(CC)c1ccccc1. The monoisotopic (exact) mass is 506 g/mol. The quantitative estimate of drug-likeness (QED) is 0.494. The molecule has 2 aromatic carbocycles. The van der Waals surface area contributed by atoms with Crippen LogP contribution in [0, 0.1) is 0 Å². The van der Waals surface area contributed by atoms with Crippen LogP contribution in [0.15, 0.2) is 73.7 Å². The summed E-state index contributed by atoms with van der Waals surface area (Å²) in [7, 11) is -4.31. The Hall–Kier alpha value is -2.49. The standard InChI is InChI=1S/C22H23BrN2O5S/c1-3-18(15-8-6-5-7-9-15)25-19(14-30-4-2)24-21(26)20(22(25)27)31(28,29)17-12-10-16(23)11-13-17/h5-13,18,26H,3-4,14H2,1-2H3. The fraction of sp³-hybridized carbons (Fsp3) is 0.273. The summed E-state index contributed by atoms with van der Waals surface area (Å²) in [6, 6.07) is 14.6. The van der Waals surface area contributed by atoms with Crippen LogP contribution in [0.4, 0.5) is 0 Å². The summed E-state index contributed by atoms with van der Waals surface area (Å²) in [5, 5.41) is 10.5. The van der Waals surface area contributed by atoms with E-state index < -0.39 is 32.2 Å². The number of ether oxygens (including phenoxy) is 1. The lowest BCUT2D eigenvalue weighted by molar-refractivity contribution is 0.122. The van der Waals surface area contributed by atoms with Crippen molar-refractivity contribution < 1.29 is 18.3 Å². The number of aromatic hydroxyl groups is 1. The topological polar surface area (TPSA) is 98.5 Å². The van der Waals surface area contributed by atoms with Gasteiger partial charge in [0.1, 0.15) is 12.4 Å². The molecule has 1 N–H and O–H groups in total. The first-order valence-electron chi connectivity index (χ1n) is 9.79. The maximum Gasteiger partial charge on any atom is 0.277 e. The third-order valence-corrected chi connectivity index (χ3v) is 7.16. The van der Waals surface area contributed by atoms with Gasteiger partial charge in [0.25, 0.3) is 5.56 Å². The smallest absolute Gasteiger partial charge is 0.277 e. The van der Waals surface area contributed by atoms with Gasteiger partial charge in [0, 0.05) is 11.1 Å². The summed E-state index contributed by atoms with van der Waals surface area (Å²) in [6.45, 7) is 4.02. The molecule has 0 aliphatic rings. The number of nitrogens with zero attached hydrogens (tertiary/aromatic N) is 2. The van der Waals surface area contributed by atoms with Crippen molar-refractivity contribution in [3.05, 3.63) is 80.8 Å². The first-order chi connectivity index (χ1) is 14.8. The molecule has 0 spiro atoms. The number of rotatable bonds is 8. The molecule has 1 aromatic heterocycles. The van der Waals surface area contributed by atoms with E-state index >= 15 is 0 Å². The molecule has 0 saturated carbocycles. The molecule has 1 heterocycles. The molecule has 7 nitrogen and oxygen atoms in total. The lowest BCUT2D eigenvalue weighted by atomic mass is 10.0. The van der Waals surface area contributed by atoms with Gasteiger partial charge < -0.3 is 9.84 Å². The Bertz CT molecular complexity index is 1210.